The van der Waals surface area contributed by atoms with Gasteiger partial charge in [0.25, 0.3) is 0 Å². The number of carbonyl (C=O) groups excluding carboxylic acids is 1. The van der Waals surface area contributed by atoms with E-state index in [1.807, 2.05) is 19.9 Å². The number of aromatic nitrogens is 1. The lowest BCUT2D eigenvalue weighted by atomic mass is 9.71. The molecule has 3 aromatic rings. The van der Waals surface area contributed by atoms with Crippen LogP contribution in [-0.4, -0.2) is 45.4 Å². The number of phenols is 1. The molecule has 6 nitrogen and oxygen atoms in total. The van der Waals surface area contributed by atoms with Crippen LogP contribution in [0.1, 0.15) is 41.0 Å². The molecule has 0 radical (unpaired) electrons. The number of aromatic amines is 1. The quantitative estimate of drug-likeness (QED) is 0.538. The Hall–Kier alpha value is -2.54. The largest absolute Gasteiger partial charge is 0.504 e. The second-order valence-electron chi connectivity index (χ2n) is 7.53. The van der Waals surface area contributed by atoms with Gasteiger partial charge in [-0.15, -0.1) is 0 Å². The summed E-state index contributed by atoms with van der Waals surface area (Å²) in [6, 6.07) is 8.37. The minimum Gasteiger partial charge on any atom is -0.504 e. The first-order valence-corrected chi connectivity index (χ1v) is 9.27. The Labute approximate surface area is 166 Å². The number of fused-ring (bicyclic) bond motifs is 4. The number of rotatable bonds is 4. The van der Waals surface area contributed by atoms with E-state index in [4.69, 9.17) is 21.4 Å². The van der Waals surface area contributed by atoms with Gasteiger partial charge in [0.1, 0.15) is 12.7 Å². The second-order valence-corrected chi connectivity index (χ2v) is 7.97. The highest BCUT2D eigenvalue weighted by Crippen LogP contribution is 2.46. The van der Waals surface area contributed by atoms with Crippen molar-refractivity contribution in [3.05, 3.63) is 57.7 Å². The van der Waals surface area contributed by atoms with Crippen LogP contribution in [0.2, 0.25) is 5.02 Å². The molecule has 4 rings (SSSR count). The van der Waals surface area contributed by atoms with Gasteiger partial charge >= 0.3 is 0 Å². The highest BCUT2D eigenvalue weighted by molar-refractivity contribution is 6.31. The Morgan fingerprint density at radius 3 is 2.71 bits per heavy atom. The van der Waals surface area contributed by atoms with Gasteiger partial charge in [0.05, 0.1) is 12.2 Å². The lowest BCUT2D eigenvalue weighted by Gasteiger charge is -2.32. The number of ketones is 1. The number of halogens is 1. The number of aromatic hydroxyl groups is 1. The summed E-state index contributed by atoms with van der Waals surface area (Å²) in [6.07, 6.45) is -1.06. The molecule has 0 bridgehead atoms. The third-order valence-electron chi connectivity index (χ3n) is 5.27. The lowest BCUT2D eigenvalue weighted by Crippen LogP contribution is -2.30. The molecule has 1 aromatic heterocycles. The summed E-state index contributed by atoms with van der Waals surface area (Å²) in [5, 5.41) is 30.1. The highest BCUT2D eigenvalue weighted by Gasteiger charge is 2.40. The molecule has 28 heavy (non-hydrogen) atoms. The number of aliphatic hydroxyl groups excluding tert-OH is 2. The van der Waals surface area contributed by atoms with Crippen molar-refractivity contribution in [1.82, 2.24) is 4.98 Å². The topological polar surface area (TPSA) is 103 Å². The standard InChI is InChI=1S/C21H20ClNO5/c1-21(2)14-7-17(28-9-11(25)8-24)16(26)6-13(14)19(27)18-12-4-3-10(22)5-15(12)23-20(18)21/h3-7,11,23-26H,8-9H2,1-2H3/t11-/m1/s1. The molecule has 4 N–H and O–H groups in total. The molecule has 0 amide bonds. The van der Waals surface area contributed by atoms with Gasteiger partial charge in [-0.3, -0.25) is 4.79 Å². The number of benzene rings is 2. The average molecular weight is 402 g/mol. The average Bonchev–Trinajstić information content (AvgIpc) is 3.04. The van der Waals surface area contributed by atoms with Crippen LogP contribution in [0.5, 0.6) is 11.5 Å². The van der Waals surface area contributed by atoms with E-state index in [1.54, 1.807) is 18.2 Å². The first-order chi connectivity index (χ1) is 13.2. The van der Waals surface area contributed by atoms with Gasteiger partial charge < -0.3 is 25.0 Å². The van der Waals surface area contributed by atoms with Crippen LogP contribution in [-0.2, 0) is 5.41 Å². The zero-order chi connectivity index (χ0) is 20.2. The van der Waals surface area contributed by atoms with E-state index in [-0.39, 0.29) is 23.9 Å². The molecule has 0 spiro atoms. The second kappa shape index (κ2) is 6.51. The molecule has 146 valence electrons. The molecule has 0 aliphatic heterocycles. The van der Waals surface area contributed by atoms with Crippen molar-refractivity contribution >= 4 is 28.3 Å². The summed E-state index contributed by atoms with van der Waals surface area (Å²) in [4.78, 5) is 16.6. The van der Waals surface area contributed by atoms with Crippen molar-refractivity contribution in [2.45, 2.75) is 25.4 Å². The van der Waals surface area contributed by atoms with Crippen molar-refractivity contribution in [2.24, 2.45) is 0 Å². The van der Waals surface area contributed by atoms with E-state index in [2.05, 4.69) is 4.98 Å². The van der Waals surface area contributed by atoms with Crippen LogP contribution in [0.25, 0.3) is 10.9 Å². The lowest BCUT2D eigenvalue weighted by molar-refractivity contribution is 0.0527. The van der Waals surface area contributed by atoms with Gasteiger partial charge in [0.15, 0.2) is 17.3 Å². The van der Waals surface area contributed by atoms with Crippen molar-refractivity contribution in [1.29, 1.82) is 0 Å². The minimum atomic E-state index is -1.06. The maximum atomic E-state index is 13.3. The summed E-state index contributed by atoms with van der Waals surface area (Å²) in [6.45, 7) is 3.35. The highest BCUT2D eigenvalue weighted by atomic mass is 35.5. The van der Waals surface area contributed by atoms with Gasteiger partial charge in [-0.25, -0.2) is 0 Å². The summed E-state index contributed by atoms with van der Waals surface area (Å²) >= 11 is 6.10. The van der Waals surface area contributed by atoms with Gasteiger partial charge in [-0.1, -0.05) is 31.5 Å². The molecule has 0 fully saturated rings. The molecule has 1 aliphatic carbocycles. The number of aliphatic hydroxyl groups is 2. The van der Waals surface area contributed by atoms with Crippen molar-refractivity contribution in [2.75, 3.05) is 13.2 Å². The van der Waals surface area contributed by atoms with E-state index >= 15 is 0 Å². The number of phenolic OH excluding ortho intramolecular Hbond substituents is 1. The van der Waals surface area contributed by atoms with E-state index in [1.165, 1.54) is 6.07 Å². The zero-order valence-corrected chi connectivity index (χ0v) is 16.2. The maximum absolute atomic E-state index is 13.3. The van der Waals surface area contributed by atoms with Crippen LogP contribution in [0.4, 0.5) is 0 Å². The molecule has 1 heterocycles. The Balaban J connectivity index is 1.87. The first-order valence-electron chi connectivity index (χ1n) is 8.89. The molecule has 0 saturated carbocycles. The van der Waals surface area contributed by atoms with Crippen molar-refractivity contribution in [3.63, 3.8) is 0 Å². The number of ether oxygens (including phenoxy) is 1. The fourth-order valence-corrected chi connectivity index (χ4v) is 3.94. The molecular formula is C21H20ClNO5. The predicted octanol–water partition coefficient (Wildman–Crippen LogP) is 3.13. The van der Waals surface area contributed by atoms with E-state index < -0.39 is 18.1 Å². The fraction of sp³-hybridized carbons (Fsp3) is 0.286. The molecule has 0 saturated heterocycles. The summed E-state index contributed by atoms with van der Waals surface area (Å²) in [5.41, 5.74) is 2.67. The van der Waals surface area contributed by atoms with Gasteiger partial charge in [-0.2, -0.15) is 0 Å². The first kappa shape index (κ1) is 18.8. The Morgan fingerprint density at radius 2 is 2.00 bits per heavy atom. The van der Waals surface area contributed by atoms with Crippen molar-refractivity contribution in [3.8, 4) is 11.5 Å². The number of hydrogen-bond acceptors (Lipinski definition) is 5. The normalized spacial score (nSPS) is 16.0. The van der Waals surface area contributed by atoms with Crippen LogP contribution < -0.4 is 4.74 Å². The van der Waals surface area contributed by atoms with Crippen LogP contribution in [0.3, 0.4) is 0 Å². The maximum Gasteiger partial charge on any atom is 0.195 e. The van der Waals surface area contributed by atoms with Crippen LogP contribution >= 0.6 is 11.6 Å². The van der Waals surface area contributed by atoms with Gasteiger partial charge in [0.2, 0.25) is 0 Å². The molecule has 2 aromatic carbocycles. The third-order valence-corrected chi connectivity index (χ3v) is 5.51. The number of hydrogen-bond donors (Lipinski definition) is 4. The predicted molar refractivity (Wildman–Crippen MR) is 106 cm³/mol. The summed E-state index contributed by atoms with van der Waals surface area (Å²) in [5.74, 6) is -0.232. The Kier molecular flexibility index (Phi) is 4.38. The summed E-state index contributed by atoms with van der Waals surface area (Å²) < 4.78 is 5.45. The Bertz CT molecular complexity index is 1100. The number of carbonyl (C=O) groups is 1. The number of nitrogens with one attached hydrogen (secondary N) is 1. The van der Waals surface area contributed by atoms with Crippen molar-refractivity contribution < 1.29 is 24.9 Å². The van der Waals surface area contributed by atoms with E-state index in [9.17, 15) is 15.0 Å². The monoisotopic (exact) mass is 401 g/mol. The van der Waals surface area contributed by atoms with Gasteiger partial charge in [0, 0.05) is 32.6 Å². The fourth-order valence-electron chi connectivity index (χ4n) is 3.77. The zero-order valence-electron chi connectivity index (χ0n) is 15.4. The summed E-state index contributed by atoms with van der Waals surface area (Å²) in [7, 11) is 0. The molecule has 7 heteroatoms. The number of H-pyrrole nitrogens is 1. The van der Waals surface area contributed by atoms with E-state index in [0.29, 0.717) is 21.7 Å². The van der Waals surface area contributed by atoms with E-state index in [0.717, 1.165) is 16.6 Å². The Morgan fingerprint density at radius 1 is 1.25 bits per heavy atom. The smallest absolute Gasteiger partial charge is 0.195 e. The van der Waals surface area contributed by atoms with Crippen LogP contribution in [0.15, 0.2) is 30.3 Å². The SMILES string of the molecule is CC1(C)c2cc(OC[C@H](O)CO)c(O)cc2C(=O)c2c1[nH]c1cc(Cl)ccc21. The van der Waals surface area contributed by atoms with Gasteiger partial charge in [-0.05, 0) is 29.8 Å². The molecule has 1 atom stereocenters. The minimum absolute atomic E-state index is 0.148. The molecule has 0 unspecified atom stereocenters. The van der Waals surface area contributed by atoms with Crippen LogP contribution in [0, 0.1) is 0 Å². The third kappa shape index (κ3) is 2.76. The molecular weight excluding hydrogens is 382 g/mol. The molecule has 1 aliphatic rings.